The minimum absolute atomic E-state index is 0.273. The van der Waals surface area contributed by atoms with Crippen LogP contribution in [0.2, 0.25) is 0 Å². The van der Waals surface area contributed by atoms with E-state index in [1.807, 2.05) is 36.4 Å². The summed E-state index contributed by atoms with van der Waals surface area (Å²) < 4.78 is 0. The molecule has 8 rings (SSSR count). The Labute approximate surface area is 263 Å². The predicted octanol–water partition coefficient (Wildman–Crippen LogP) is 12.0. The highest BCUT2D eigenvalue weighted by Gasteiger charge is 2.19. The first-order valence-electron chi connectivity index (χ1n) is 15.3. The number of hydrogen-bond acceptors (Lipinski definition) is 1. The van der Waals surface area contributed by atoms with Crippen LogP contribution in [0.4, 0.5) is 0 Å². The summed E-state index contributed by atoms with van der Waals surface area (Å²) >= 11 is 0. The largest absolute Gasteiger partial charge is 0.507 e. The van der Waals surface area contributed by atoms with Crippen molar-refractivity contribution in [2.75, 3.05) is 0 Å². The maximum atomic E-state index is 11.9. The first-order chi connectivity index (χ1) is 22.2. The maximum Gasteiger partial charge on any atom is 0.124 e. The van der Waals surface area contributed by atoms with Gasteiger partial charge in [-0.1, -0.05) is 158 Å². The summed E-state index contributed by atoms with van der Waals surface area (Å²) in [4.78, 5) is 0. The molecule has 1 nitrogen and oxygen atoms in total. The van der Waals surface area contributed by atoms with Gasteiger partial charge in [-0.15, -0.1) is 0 Å². The van der Waals surface area contributed by atoms with Crippen molar-refractivity contribution in [1.82, 2.24) is 0 Å². The Bertz CT molecular complexity index is 2290. The third-order valence-electron chi connectivity index (χ3n) is 8.79. The lowest BCUT2D eigenvalue weighted by Gasteiger charge is -2.19. The van der Waals surface area contributed by atoms with Crippen LogP contribution in [0.5, 0.6) is 5.75 Å². The molecule has 0 bridgehead atoms. The van der Waals surface area contributed by atoms with Gasteiger partial charge in [-0.05, 0) is 89.8 Å². The fourth-order valence-electron chi connectivity index (χ4n) is 6.61. The third-order valence-corrected chi connectivity index (χ3v) is 8.79. The lowest BCUT2D eigenvalue weighted by atomic mass is 9.85. The van der Waals surface area contributed by atoms with Crippen LogP contribution in [-0.4, -0.2) is 5.11 Å². The van der Waals surface area contributed by atoms with Gasteiger partial charge in [0.2, 0.25) is 0 Å². The summed E-state index contributed by atoms with van der Waals surface area (Å²) in [5, 5.41) is 16.3. The summed E-state index contributed by atoms with van der Waals surface area (Å²) in [6.07, 6.45) is 0. The lowest BCUT2D eigenvalue weighted by molar-refractivity contribution is 0.478. The first kappa shape index (κ1) is 26.7. The van der Waals surface area contributed by atoms with Gasteiger partial charge < -0.3 is 5.11 Å². The summed E-state index contributed by atoms with van der Waals surface area (Å²) in [5.41, 5.74) is 10.9. The highest BCUT2D eigenvalue weighted by Crippen LogP contribution is 2.47. The van der Waals surface area contributed by atoms with E-state index in [2.05, 4.69) is 140 Å². The Morgan fingerprint density at radius 1 is 0.267 bits per heavy atom. The fraction of sp³-hybridized carbons (Fsp3) is 0. The zero-order valence-corrected chi connectivity index (χ0v) is 24.7. The number of hydrogen-bond donors (Lipinski definition) is 1. The monoisotopic (exact) mass is 574 g/mol. The van der Waals surface area contributed by atoms with Crippen LogP contribution in [0.25, 0.3) is 77.2 Å². The molecule has 1 N–H and O–H groups in total. The quantitative estimate of drug-likeness (QED) is 0.217. The molecule has 212 valence electrons. The molecule has 0 aliphatic heterocycles. The molecule has 0 saturated carbocycles. The Morgan fingerprint density at radius 2 is 0.689 bits per heavy atom. The summed E-state index contributed by atoms with van der Waals surface area (Å²) in [5.74, 6) is 0.273. The van der Waals surface area contributed by atoms with Crippen molar-refractivity contribution in [3.8, 4) is 61.4 Å². The highest BCUT2D eigenvalue weighted by molar-refractivity contribution is 6.15. The van der Waals surface area contributed by atoms with Crippen LogP contribution in [-0.2, 0) is 0 Å². The van der Waals surface area contributed by atoms with Crippen molar-refractivity contribution in [2.45, 2.75) is 0 Å². The van der Waals surface area contributed by atoms with Gasteiger partial charge in [-0.25, -0.2) is 0 Å². The topological polar surface area (TPSA) is 20.2 Å². The smallest absolute Gasteiger partial charge is 0.124 e. The van der Waals surface area contributed by atoms with Gasteiger partial charge in [0, 0.05) is 5.56 Å². The molecule has 0 radical (unpaired) electrons. The van der Waals surface area contributed by atoms with Crippen LogP contribution >= 0.6 is 0 Å². The van der Waals surface area contributed by atoms with Crippen LogP contribution in [0.1, 0.15) is 0 Å². The van der Waals surface area contributed by atoms with Crippen molar-refractivity contribution >= 4 is 21.5 Å². The van der Waals surface area contributed by atoms with Gasteiger partial charge in [0.05, 0.1) is 0 Å². The van der Waals surface area contributed by atoms with E-state index in [1.54, 1.807) is 0 Å². The fourth-order valence-corrected chi connectivity index (χ4v) is 6.61. The summed E-state index contributed by atoms with van der Waals surface area (Å²) in [6.45, 7) is 0. The molecule has 0 amide bonds. The molecule has 0 atom stereocenters. The maximum absolute atomic E-state index is 11.9. The van der Waals surface area contributed by atoms with Gasteiger partial charge in [-0.2, -0.15) is 0 Å². The molecule has 8 aromatic rings. The van der Waals surface area contributed by atoms with Crippen molar-refractivity contribution in [3.05, 3.63) is 176 Å². The molecular formula is C44H30O. The average molecular weight is 575 g/mol. The third kappa shape index (κ3) is 4.85. The lowest BCUT2D eigenvalue weighted by Crippen LogP contribution is -1.92. The number of phenols is 1. The Morgan fingerprint density at radius 3 is 1.22 bits per heavy atom. The summed E-state index contributed by atoms with van der Waals surface area (Å²) in [7, 11) is 0. The zero-order valence-electron chi connectivity index (χ0n) is 24.7. The Kier molecular flexibility index (Phi) is 6.70. The van der Waals surface area contributed by atoms with E-state index < -0.39 is 0 Å². The number of phenolic OH excluding ortho intramolecular Hbond substituents is 1. The van der Waals surface area contributed by atoms with E-state index in [9.17, 15) is 5.11 Å². The second-order valence-electron chi connectivity index (χ2n) is 11.5. The van der Waals surface area contributed by atoms with Gasteiger partial charge in [0.15, 0.2) is 0 Å². The van der Waals surface area contributed by atoms with Crippen molar-refractivity contribution in [2.24, 2.45) is 0 Å². The number of rotatable bonds is 5. The molecule has 0 aliphatic rings. The predicted molar refractivity (Wildman–Crippen MR) is 190 cm³/mol. The molecular weight excluding hydrogens is 544 g/mol. The molecule has 0 fully saturated rings. The molecule has 0 unspecified atom stereocenters. The van der Waals surface area contributed by atoms with E-state index in [1.165, 1.54) is 27.8 Å². The molecule has 0 spiro atoms. The highest BCUT2D eigenvalue weighted by atomic mass is 16.3. The van der Waals surface area contributed by atoms with Crippen molar-refractivity contribution in [3.63, 3.8) is 0 Å². The van der Waals surface area contributed by atoms with Crippen molar-refractivity contribution in [1.29, 1.82) is 0 Å². The minimum Gasteiger partial charge on any atom is -0.507 e. The normalized spacial score (nSPS) is 11.2. The SMILES string of the molecule is Oc1cc(-c2ccccc2)c2cc(-c3ccccc3)ccc2c1-c1ccc(-c2ccccc2)c2cc(-c3ccccc3)ccc12. The van der Waals surface area contributed by atoms with Crippen LogP contribution in [0, 0.1) is 0 Å². The minimum atomic E-state index is 0.273. The number of benzene rings is 8. The second-order valence-corrected chi connectivity index (χ2v) is 11.5. The van der Waals surface area contributed by atoms with Crippen molar-refractivity contribution < 1.29 is 5.11 Å². The van der Waals surface area contributed by atoms with E-state index in [0.29, 0.717) is 0 Å². The number of aromatic hydroxyl groups is 1. The van der Waals surface area contributed by atoms with Gasteiger partial charge in [0.25, 0.3) is 0 Å². The molecule has 0 heterocycles. The van der Waals surface area contributed by atoms with Crippen LogP contribution < -0.4 is 0 Å². The van der Waals surface area contributed by atoms with E-state index in [-0.39, 0.29) is 5.75 Å². The molecule has 0 aliphatic carbocycles. The van der Waals surface area contributed by atoms with Gasteiger partial charge in [-0.3, -0.25) is 0 Å². The van der Waals surface area contributed by atoms with Crippen LogP contribution in [0.3, 0.4) is 0 Å². The number of fused-ring (bicyclic) bond motifs is 2. The molecule has 8 aromatic carbocycles. The molecule has 0 aromatic heterocycles. The Hall–Kier alpha value is -5.92. The van der Waals surface area contributed by atoms with Crippen LogP contribution in [0.15, 0.2) is 176 Å². The van der Waals surface area contributed by atoms with Gasteiger partial charge >= 0.3 is 0 Å². The summed E-state index contributed by atoms with van der Waals surface area (Å²) in [6, 6.07) is 61.5. The molecule has 1 heteroatoms. The average Bonchev–Trinajstić information content (AvgIpc) is 3.12. The molecule has 0 saturated heterocycles. The second kappa shape index (κ2) is 11.3. The molecule has 45 heavy (non-hydrogen) atoms. The standard InChI is InChI=1S/C44H30O/c45-43-29-40(33-19-11-4-12-20-33)42-28-35(31-15-7-2-8-16-31)22-24-39(42)44(43)38-26-25-36(32-17-9-3-10-18-32)41-27-34(21-23-37(38)41)30-13-5-1-6-14-30/h1-29,45H. The zero-order chi connectivity index (χ0) is 30.2. The van der Waals surface area contributed by atoms with Gasteiger partial charge in [0.1, 0.15) is 5.75 Å². The Balaban J connectivity index is 1.42. The first-order valence-corrected chi connectivity index (χ1v) is 15.3. The van der Waals surface area contributed by atoms with E-state index >= 15 is 0 Å². The van der Waals surface area contributed by atoms with E-state index in [4.69, 9.17) is 0 Å². The van der Waals surface area contributed by atoms with E-state index in [0.717, 1.165) is 49.4 Å².